The van der Waals surface area contributed by atoms with Crippen LogP contribution in [0.2, 0.25) is 0 Å². The first-order chi connectivity index (χ1) is 7.65. The second-order valence-electron chi connectivity index (χ2n) is 3.40. The fraction of sp³-hybridized carbons (Fsp3) is 0.200. The molecule has 16 heavy (non-hydrogen) atoms. The molecule has 0 unspecified atom stereocenters. The number of amides is 1. The number of aromatic nitrogens is 4. The van der Waals surface area contributed by atoms with Crippen LogP contribution in [-0.2, 0) is 7.05 Å². The topological polar surface area (TPSA) is 72.7 Å². The number of aryl methyl sites for hydroxylation is 2. The summed E-state index contributed by atoms with van der Waals surface area (Å²) in [6.07, 6.45) is 6.31. The van der Waals surface area contributed by atoms with Crippen LogP contribution in [0.25, 0.3) is 0 Å². The van der Waals surface area contributed by atoms with Crippen LogP contribution in [0.15, 0.2) is 24.8 Å². The highest BCUT2D eigenvalue weighted by atomic mass is 16.1. The minimum Gasteiger partial charge on any atom is -0.318 e. The highest BCUT2D eigenvalue weighted by Gasteiger charge is 2.08. The summed E-state index contributed by atoms with van der Waals surface area (Å²) in [4.78, 5) is 19.7. The van der Waals surface area contributed by atoms with Crippen molar-refractivity contribution < 1.29 is 4.79 Å². The summed E-state index contributed by atoms with van der Waals surface area (Å²) >= 11 is 0. The van der Waals surface area contributed by atoms with Gasteiger partial charge in [-0.1, -0.05) is 0 Å². The van der Waals surface area contributed by atoms with Crippen LogP contribution in [0.5, 0.6) is 0 Å². The van der Waals surface area contributed by atoms with Crippen molar-refractivity contribution in [2.24, 2.45) is 7.05 Å². The second kappa shape index (κ2) is 4.09. The lowest BCUT2D eigenvalue weighted by atomic mass is 10.4. The highest BCUT2D eigenvalue weighted by molar-refractivity contribution is 6.02. The smallest absolute Gasteiger partial charge is 0.275 e. The summed E-state index contributed by atoms with van der Waals surface area (Å²) in [6, 6.07) is 0. The Bertz CT molecular complexity index is 519. The maximum atomic E-state index is 11.7. The number of carbonyl (C=O) groups excluding carboxylic acids is 1. The fourth-order valence-corrected chi connectivity index (χ4v) is 1.25. The zero-order valence-electron chi connectivity index (χ0n) is 9.01. The van der Waals surface area contributed by atoms with Crippen molar-refractivity contribution in [1.29, 1.82) is 0 Å². The molecule has 0 bridgehead atoms. The molecule has 2 aromatic rings. The fourth-order valence-electron chi connectivity index (χ4n) is 1.25. The van der Waals surface area contributed by atoms with E-state index in [-0.39, 0.29) is 5.91 Å². The van der Waals surface area contributed by atoms with Gasteiger partial charge in [-0.15, -0.1) is 0 Å². The summed E-state index contributed by atoms with van der Waals surface area (Å²) in [5.41, 5.74) is 1.64. The van der Waals surface area contributed by atoms with Crippen molar-refractivity contribution in [3.05, 3.63) is 36.2 Å². The predicted octanol–water partition coefficient (Wildman–Crippen LogP) is 0.771. The lowest BCUT2D eigenvalue weighted by molar-refractivity contribution is 0.102. The van der Waals surface area contributed by atoms with Crippen LogP contribution < -0.4 is 5.32 Å². The zero-order chi connectivity index (χ0) is 11.5. The Kier molecular flexibility index (Phi) is 2.63. The molecule has 0 atom stereocenters. The molecule has 1 amide bonds. The second-order valence-corrected chi connectivity index (χ2v) is 3.40. The molecular weight excluding hydrogens is 206 g/mol. The average Bonchev–Trinajstić information content (AvgIpc) is 2.64. The van der Waals surface area contributed by atoms with Gasteiger partial charge in [0, 0.05) is 19.4 Å². The molecule has 1 N–H and O–H groups in total. The Morgan fingerprint density at radius 2 is 2.19 bits per heavy atom. The standard InChI is InChI=1S/C10H11N5O/c1-7-3-11-5-9(13-7)10(16)14-8-4-12-15(2)6-8/h3-6H,1-2H3,(H,14,16). The van der Waals surface area contributed by atoms with Crippen molar-refractivity contribution in [1.82, 2.24) is 19.7 Å². The van der Waals surface area contributed by atoms with Gasteiger partial charge in [-0.2, -0.15) is 5.10 Å². The van der Waals surface area contributed by atoms with Gasteiger partial charge in [0.05, 0.1) is 23.8 Å². The van der Waals surface area contributed by atoms with E-state index in [9.17, 15) is 4.79 Å². The molecule has 0 radical (unpaired) electrons. The maximum Gasteiger partial charge on any atom is 0.275 e. The third-order valence-corrected chi connectivity index (χ3v) is 1.95. The maximum absolute atomic E-state index is 11.7. The molecule has 6 heteroatoms. The van der Waals surface area contributed by atoms with E-state index in [1.165, 1.54) is 6.20 Å². The normalized spacial score (nSPS) is 10.1. The summed E-state index contributed by atoms with van der Waals surface area (Å²) in [6.45, 7) is 1.79. The van der Waals surface area contributed by atoms with E-state index >= 15 is 0 Å². The molecule has 0 fully saturated rings. The first-order valence-corrected chi connectivity index (χ1v) is 4.74. The zero-order valence-corrected chi connectivity index (χ0v) is 9.01. The van der Waals surface area contributed by atoms with E-state index in [0.29, 0.717) is 17.1 Å². The van der Waals surface area contributed by atoms with Gasteiger partial charge < -0.3 is 5.32 Å². The van der Waals surface area contributed by atoms with Crippen LogP contribution in [0, 0.1) is 6.92 Å². The lowest BCUT2D eigenvalue weighted by Gasteiger charge is -2.01. The van der Waals surface area contributed by atoms with Crippen molar-refractivity contribution in [2.75, 3.05) is 5.32 Å². The van der Waals surface area contributed by atoms with Crippen molar-refractivity contribution in [3.8, 4) is 0 Å². The number of hydrogen-bond donors (Lipinski definition) is 1. The molecule has 6 nitrogen and oxygen atoms in total. The van der Waals surface area contributed by atoms with E-state index in [4.69, 9.17) is 0 Å². The van der Waals surface area contributed by atoms with E-state index in [1.54, 1.807) is 37.2 Å². The molecule has 0 saturated heterocycles. The molecule has 2 heterocycles. The van der Waals surface area contributed by atoms with Crippen LogP contribution in [0.4, 0.5) is 5.69 Å². The van der Waals surface area contributed by atoms with Crippen LogP contribution in [0.1, 0.15) is 16.2 Å². The third kappa shape index (κ3) is 2.22. The molecule has 0 aliphatic carbocycles. The molecule has 0 aliphatic heterocycles. The number of nitrogens with one attached hydrogen (secondary N) is 1. The van der Waals surface area contributed by atoms with Crippen LogP contribution in [-0.4, -0.2) is 25.7 Å². The van der Waals surface area contributed by atoms with Gasteiger partial charge in [-0.3, -0.25) is 14.5 Å². The van der Waals surface area contributed by atoms with Gasteiger partial charge in [0.15, 0.2) is 0 Å². The summed E-state index contributed by atoms with van der Waals surface area (Å²) in [5.74, 6) is -0.288. The quantitative estimate of drug-likeness (QED) is 0.806. The third-order valence-electron chi connectivity index (χ3n) is 1.95. The SMILES string of the molecule is Cc1cncc(C(=O)Nc2cnn(C)c2)n1. The Morgan fingerprint density at radius 3 is 2.81 bits per heavy atom. The molecular formula is C10H11N5O. The molecule has 2 rings (SSSR count). The van der Waals surface area contributed by atoms with Crippen molar-refractivity contribution >= 4 is 11.6 Å². The Morgan fingerprint density at radius 1 is 1.38 bits per heavy atom. The van der Waals surface area contributed by atoms with Crippen molar-refractivity contribution in [3.63, 3.8) is 0 Å². The number of hydrogen-bond acceptors (Lipinski definition) is 4. The van der Waals surface area contributed by atoms with E-state index in [1.807, 2.05) is 0 Å². The van der Waals surface area contributed by atoms with Crippen molar-refractivity contribution in [2.45, 2.75) is 6.92 Å². The van der Waals surface area contributed by atoms with Gasteiger partial charge in [0.2, 0.25) is 0 Å². The van der Waals surface area contributed by atoms with Crippen LogP contribution >= 0.6 is 0 Å². The van der Waals surface area contributed by atoms with E-state index in [0.717, 1.165) is 0 Å². The lowest BCUT2D eigenvalue weighted by Crippen LogP contribution is -2.14. The molecule has 82 valence electrons. The van der Waals surface area contributed by atoms with E-state index in [2.05, 4.69) is 20.4 Å². The first kappa shape index (κ1) is 10.3. The van der Waals surface area contributed by atoms with Gasteiger partial charge in [0.1, 0.15) is 5.69 Å². The summed E-state index contributed by atoms with van der Waals surface area (Å²) < 4.78 is 1.61. The predicted molar refractivity (Wildman–Crippen MR) is 57.9 cm³/mol. The average molecular weight is 217 g/mol. The summed E-state index contributed by atoms with van der Waals surface area (Å²) in [5, 5.41) is 6.63. The summed E-state index contributed by atoms with van der Waals surface area (Å²) in [7, 11) is 1.78. The minimum absolute atomic E-state index is 0.288. The molecule has 0 spiro atoms. The molecule has 0 aliphatic rings. The number of anilines is 1. The molecule has 0 aromatic carbocycles. The highest BCUT2D eigenvalue weighted by Crippen LogP contribution is 2.05. The number of carbonyl (C=O) groups is 1. The van der Waals surface area contributed by atoms with Gasteiger partial charge in [0.25, 0.3) is 5.91 Å². The monoisotopic (exact) mass is 217 g/mol. The minimum atomic E-state index is -0.288. The molecule has 2 aromatic heterocycles. The van der Waals surface area contributed by atoms with Gasteiger partial charge >= 0.3 is 0 Å². The Balaban J connectivity index is 2.14. The first-order valence-electron chi connectivity index (χ1n) is 4.74. The van der Waals surface area contributed by atoms with E-state index < -0.39 is 0 Å². The number of rotatable bonds is 2. The largest absolute Gasteiger partial charge is 0.318 e. The Hall–Kier alpha value is -2.24. The Labute approximate surface area is 92.3 Å². The number of nitrogens with zero attached hydrogens (tertiary/aromatic N) is 4. The molecule has 0 saturated carbocycles. The van der Waals surface area contributed by atoms with Gasteiger partial charge in [-0.05, 0) is 6.92 Å². The van der Waals surface area contributed by atoms with Crippen LogP contribution in [0.3, 0.4) is 0 Å². The van der Waals surface area contributed by atoms with Gasteiger partial charge in [-0.25, -0.2) is 4.98 Å².